The molecule has 8 nitrogen and oxygen atoms in total. The summed E-state index contributed by atoms with van der Waals surface area (Å²) < 4.78 is 24.8. The average molecular weight is 384 g/mol. The summed E-state index contributed by atoms with van der Waals surface area (Å²) in [6.45, 7) is 0.632. The van der Waals surface area contributed by atoms with Crippen LogP contribution < -0.4 is 15.8 Å². The number of benzene rings is 1. The first-order chi connectivity index (χ1) is 13.0. The van der Waals surface area contributed by atoms with Gasteiger partial charge >= 0.3 is 0 Å². The third kappa shape index (κ3) is 3.29. The molecule has 1 aromatic heterocycles. The molecule has 4 N–H and O–H groups in total. The summed E-state index contributed by atoms with van der Waals surface area (Å²) in [6, 6.07) is 8.72. The van der Waals surface area contributed by atoms with Crippen molar-refractivity contribution in [1.29, 1.82) is 5.26 Å². The Morgan fingerprint density at radius 2 is 2.07 bits per heavy atom. The van der Waals surface area contributed by atoms with E-state index in [0.29, 0.717) is 18.1 Å². The zero-order valence-electron chi connectivity index (χ0n) is 14.6. The van der Waals surface area contributed by atoms with Gasteiger partial charge in [-0.05, 0) is 55.8 Å². The minimum atomic E-state index is -3.72. The van der Waals surface area contributed by atoms with Crippen LogP contribution in [0.1, 0.15) is 36.6 Å². The van der Waals surface area contributed by atoms with Crippen LogP contribution in [0.3, 0.4) is 0 Å². The van der Waals surface area contributed by atoms with Crippen LogP contribution in [-0.2, 0) is 16.6 Å². The van der Waals surface area contributed by atoms with Gasteiger partial charge in [-0.2, -0.15) is 10.4 Å². The Morgan fingerprint density at radius 3 is 2.78 bits per heavy atom. The highest BCUT2D eigenvalue weighted by atomic mass is 32.2. The van der Waals surface area contributed by atoms with E-state index in [4.69, 9.17) is 10.2 Å². The Balaban J connectivity index is 1.68. The second-order valence-corrected chi connectivity index (χ2v) is 8.36. The summed E-state index contributed by atoms with van der Waals surface area (Å²) in [5.41, 5.74) is 2.74. The number of nitrogens with one attached hydrogen (secondary N) is 2. The van der Waals surface area contributed by atoms with E-state index in [1.807, 2.05) is 17.0 Å². The van der Waals surface area contributed by atoms with E-state index in [1.165, 1.54) is 12.1 Å². The van der Waals surface area contributed by atoms with Crippen LogP contribution in [-0.4, -0.2) is 18.2 Å². The Kier molecular flexibility index (Phi) is 4.37. The molecule has 0 saturated heterocycles. The maximum absolute atomic E-state index is 11.4. The first-order valence-corrected chi connectivity index (χ1v) is 10.3. The number of sulfonamides is 1. The van der Waals surface area contributed by atoms with Crippen LogP contribution in [0.5, 0.6) is 0 Å². The van der Waals surface area contributed by atoms with Crippen molar-refractivity contribution in [2.45, 2.75) is 36.7 Å². The van der Waals surface area contributed by atoms with Gasteiger partial charge < -0.3 is 10.6 Å². The van der Waals surface area contributed by atoms with Gasteiger partial charge in [0.05, 0.1) is 28.6 Å². The van der Waals surface area contributed by atoms with Crippen LogP contribution in [0, 0.1) is 17.2 Å². The predicted octanol–water partition coefficient (Wildman–Crippen LogP) is 2.21. The largest absolute Gasteiger partial charge is 0.387 e. The molecular formula is C18H20N6O2S. The Labute approximate surface area is 157 Å². The number of primary sulfonamides is 1. The number of nitriles is 1. The Hall–Kier alpha value is -2.83. The van der Waals surface area contributed by atoms with E-state index in [1.54, 1.807) is 12.1 Å². The van der Waals surface area contributed by atoms with E-state index in [-0.39, 0.29) is 16.9 Å². The van der Waals surface area contributed by atoms with E-state index in [9.17, 15) is 13.7 Å². The van der Waals surface area contributed by atoms with Crippen molar-refractivity contribution < 1.29 is 8.42 Å². The second kappa shape index (κ2) is 6.72. The Bertz CT molecular complexity index is 1030. The zero-order chi connectivity index (χ0) is 19.0. The van der Waals surface area contributed by atoms with Crippen LogP contribution in [0.4, 0.5) is 11.5 Å². The van der Waals surface area contributed by atoms with E-state index >= 15 is 0 Å². The predicted molar refractivity (Wildman–Crippen MR) is 101 cm³/mol. The smallest absolute Gasteiger partial charge is 0.238 e. The van der Waals surface area contributed by atoms with Gasteiger partial charge in [-0.25, -0.2) is 13.6 Å². The SMILES string of the molecule is N#CC1CCCC1n1nc(Nc2ccc(S(N)(=O)=O)cc2)c2c1C=CNC2. The van der Waals surface area contributed by atoms with Gasteiger partial charge in [-0.3, -0.25) is 4.68 Å². The standard InChI is InChI=1S/C18H20N6O2S/c19-10-12-2-1-3-16(12)24-17-8-9-21-11-15(17)18(23-24)22-13-4-6-14(7-5-13)27(20,25)26/h4-9,12,16,21H,1-3,11H2,(H,22,23)(H2,20,25,26). The third-order valence-corrected chi connectivity index (χ3v) is 6.02. The number of nitrogens with two attached hydrogens (primary N) is 1. The fourth-order valence-corrected chi connectivity index (χ4v) is 4.25. The van der Waals surface area contributed by atoms with E-state index in [2.05, 4.69) is 16.7 Å². The summed E-state index contributed by atoms with van der Waals surface area (Å²) in [5.74, 6) is 0.674. The fraction of sp³-hybridized carbons (Fsp3) is 0.333. The molecule has 0 amide bonds. The Morgan fingerprint density at radius 1 is 1.30 bits per heavy atom. The van der Waals surface area contributed by atoms with Crippen molar-refractivity contribution in [3.63, 3.8) is 0 Å². The first kappa shape index (κ1) is 17.6. The molecule has 2 aliphatic rings. The van der Waals surface area contributed by atoms with Gasteiger partial charge in [-0.1, -0.05) is 0 Å². The highest BCUT2D eigenvalue weighted by molar-refractivity contribution is 7.89. The molecule has 2 heterocycles. The monoisotopic (exact) mass is 384 g/mol. The number of rotatable bonds is 4. The molecule has 0 bridgehead atoms. The van der Waals surface area contributed by atoms with Gasteiger partial charge in [0.25, 0.3) is 0 Å². The molecule has 9 heteroatoms. The molecule has 1 aliphatic carbocycles. The summed E-state index contributed by atoms with van der Waals surface area (Å²) in [4.78, 5) is 0.0630. The lowest BCUT2D eigenvalue weighted by Gasteiger charge is -2.17. The van der Waals surface area contributed by atoms with Gasteiger partial charge in [0.1, 0.15) is 0 Å². The summed E-state index contributed by atoms with van der Waals surface area (Å²) in [6.07, 6.45) is 6.73. The number of nitrogens with zero attached hydrogens (tertiary/aromatic N) is 3. The summed E-state index contributed by atoms with van der Waals surface area (Å²) in [7, 11) is -3.72. The van der Waals surface area contributed by atoms with Crippen molar-refractivity contribution in [2.24, 2.45) is 11.1 Å². The number of hydrogen-bond acceptors (Lipinski definition) is 6. The number of aromatic nitrogens is 2. The van der Waals surface area contributed by atoms with Gasteiger partial charge in [0.2, 0.25) is 10.0 Å². The maximum atomic E-state index is 11.4. The molecule has 27 heavy (non-hydrogen) atoms. The van der Waals surface area contributed by atoms with Gasteiger partial charge in [0, 0.05) is 17.8 Å². The fourth-order valence-electron chi connectivity index (χ4n) is 3.73. The molecule has 2 aromatic rings. The highest BCUT2D eigenvalue weighted by Gasteiger charge is 2.32. The molecule has 4 rings (SSSR count). The van der Waals surface area contributed by atoms with Crippen molar-refractivity contribution >= 4 is 27.6 Å². The molecule has 1 aromatic carbocycles. The normalized spacial score (nSPS) is 21.3. The van der Waals surface area contributed by atoms with Crippen molar-refractivity contribution in [2.75, 3.05) is 5.32 Å². The molecule has 1 fully saturated rings. The maximum Gasteiger partial charge on any atom is 0.238 e. The van der Waals surface area contributed by atoms with Gasteiger partial charge in [0.15, 0.2) is 5.82 Å². The average Bonchev–Trinajstić information content (AvgIpc) is 3.26. The molecule has 1 aliphatic heterocycles. The van der Waals surface area contributed by atoms with Crippen molar-refractivity contribution in [3.8, 4) is 6.07 Å². The minimum Gasteiger partial charge on any atom is -0.387 e. The second-order valence-electron chi connectivity index (χ2n) is 6.80. The molecule has 0 radical (unpaired) electrons. The van der Waals surface area contributed by atoms with E-state index < -0.39 is 10.0 Å². The summed E-state index contributed by atoms with van der Waals surface area (Å²) >= 11 is 0. The third-order valence-electron chi connectivity index (χ3n) is 5.09. The molecule has 140 valence electrons. The number of anilines is 2. The molecule has 2 atom stereocenters. The van der Waals surface area contributed by atoms with Crippen LogP contribution >= 0.6 is 0 Å². The minimum absolute atomic E-state index is 0.0285. The lowest BCUT2D eigenvalue weighted by Crippen LogP contribution is -2.18. The number of hydrogen-bond donors (Lipinski definition) is 3. The lowest BCUT2D eigenvalue weighted by atomic mass is 10.1. The van der Waals surface area contributed by atoms with Crippen molar-refractivity contribution in [1.82, 2.24) is 15.1 Å². The van der Waals surface area contributed by atoms with Crippen LogP contribution in [0.15, 0.2) is 35.4 Å². The number of fused-ring (bicyclic) bond motifs is 1. The molecular weight excluding hydrogens is 364 g/mol. The van der Waals surface area contributed by atoms with E-state index in [0.717, 1.165) is 30.5 Å². The topological polar surface area (TPSA) is 126 Å². The first-order valence-electron chi connectivity index (χ1n) is 8.78. The van der Waals surface area contributed by atoms with Crippen LogP contribution in [0.2, 0.25) is 0 Å². The lowest BCUT2D eigenvalue weighted by molar-refractivity contribution is 0.407. The van der Waals surface area contributed by atoms with Gasteiger partial charge in [-0.15, -0.1) is 0 Å². The van der Waals surface area contributed by atoms with Crippen LogP contribution in [0.25, 0.3) is 6.08 Å². The highest BCUT2D eigenvalue weighted by Crippen LogP contribution is 2.38. The summed E-state index contributed by atoms with van der Waals surface area (Å²) in [5, 5.41) is 25.8. The van der Waals surface area contributed by atoms with Crippen molar-refractivity contribution in [3.05, 3.63) is 41.7 Å². The molecule has 2 unspecified atom stereocenters. The molecule has 1 saturated carbocycles. The zero-order valence-corrected chi connectivity index (χ0v) is 15.4. The molecule has 0 spiro atoms. The quantitative estimate of drug-likeness (QED) is 0.742.